The Morgan fingerprint density at radius 1 is 1.50 bits per heavy atom. The highest BCUT2D eigenvalue weighted by Crippen LogP contribution is 2.08. The van der Waals surface area contributed by atoms with Crippen LogP contribution in [0.4, 0.5) is 0 Å². The number of rotatable bonds is 5. The van der Waals surface area contributed by atoms with Crippen molar-refractivity contribution in [3.63, 3.8) is 0 Å². The van der Waals surface area contributed by atoms with Crippen LogP contribution in [-0.2, 0) is 9.53 Å². The summed E-state index contributed by atoms with van der Waals surface area (Å²) in [4.78, 5) is 13.7. The number of amides is 1. The van der Waals surface area contributed by atoms with Crippen molar-refractivity contribution in [2.45, 2.75) is 25.8 Å². The first-order valence-corrected chi connectivity index (χ1v) is 5.27. The lowest BCUT2D eigenvalue weighted by atomic mass is 10.3. The van der Waals surface area contributed by atoms with E-state index in [1.54, 1.807) is 7.11 Å². The van der Waals surface area contributed by atoms with E-state index in [2.05, 4.69) is 5.32 Å². The fourth-order valence-corrected chi connectivity index (χ4v) is 1.68. The van der Waals surface area contributed by atoms with Gasteiger partial charge in [-0.05, 0) is 19.8 Å². The van der Waals surface area contributed by atoms with Crippen molar-refractivity contribution in [2.75, 3.05) is 33.4 Å². The Balaban J connectivity index is 2.21. The number of nitrogens with zero attached hydrogens (tertiary/aromatic N) is 1. The molecule has 0 radical (unpaired) electrons. The molecule has 1 rings (SSSR count). The smallest absolute Gasteiger partial charge is 0.239 e. The number of nitrogens with one attached hydrogen (secondary N) is 1. The van der Waals surface area contributed by atoms with Crippen molar-refractivity contribution in [1.82, 2.24) is 10.2 Å². The zero-order valence-corrected chi connectivity index (χ0v) is 9.08. The Hall–Kier alpha value is -0.610. The van der Waals surface area contributed by atoms with Crippen LogP contribution >= 0.6 is 0 Å². The van der Waals surface area contributed by atoms with Gasteiger partial charge in [0, 0.05) is 26.7 Å². The number of carbonyl (C=O) groups is 1. The summed E-state index contributed by atoms with van der Waals surface area (Å²) in [5.41, 5.74) is 0. The zero-order valence-electron chi connectivity index (χ0n) is 9.08. The van der Waals surface area contributed by atoms with Gasteiger partial charge in [0.05, 0.1) is 12.6 Å². The molecule has 0 spiro atoms. The molecule has 4 heteroatoms. The molecule has 1 amide bonds. The first kappa shape index (κ1) is 11.5. The van der Waals surface area contributed by atoms with Crippen molar-refractivity contribution in [2.24, 2.45) is 0 Å². The van der Waals surface area contributed by atoms with Crippen LogP contribution in [0.3, 0.4) is 0 Å². The number of hydrogen-bond acceptors (Lipinski definition) is 3. The molecule has 1 aliphatic heterocycles. The van der Waals surface area contributed by atoms with E-state index in [0.717, 1.165) is 32.5 Å². The Kier molecular flexibility index (Phi) is 4.90. The predicted octanol–water partition coefficient (Wildman–Crippen LogP) is 0.233. The Morgan fingerprint density at radius 3 is 2.71 bits per heavy atom. The van der Waals surface area contributed by atoms with E-state index >= 15 is 0 Å². The summed E-state index contributed by atoms with van der Waals surface area (Å²) < 4.78 is 4.91. The molecule has 1 N–H and O–H groups in total. The summed E-state index contributed by atoms with van der Waals surface area (Å²) in [6.07, 6.45) is 2.30. The molecule has 1 heterocycles. The maximum absolute atomic E-state index is 11.8. The van der Waals surface area contributed by atoms with Crippen LogP contribution in [0.2, 0.25) is 0 Å². The van der Waals surface area contributed by atoms with Gasteiger partial charge in [-0.1, -0.05) is 0 Å². The molecule has 0 aliphatic carbocycles. The minimum absolute atomic E-state index is 0.0803. The van der Waals surface area contributed by atoms with Crippen LogP contribution in [0.1, 0.15) is 19.8 Å². The number of likely N-dealkylation sites (tertiary alicyclic amines) is 1. The third kappa shape index (κ3) is 3.27. The molecule has 0 aromatic carbocycles. The average molecular weight is 200 g/mol. The third-order valence-corrected chi connectivity index (χ3v) is 2.54. The van der Waals surface area contributed by atoms with Gasteiger partial charge in [-0.2, -0.15) is 0 Å². The normalized spacial score (nSPS) is 18.6. The second-order valence-corrected chi connectivity index (χ2v) is 3.70. The molecule has 1 aliphatic rings. The fraction of sp³-hybridized carbons (Fsp3) is 0.900. The molecule has 82 valence electrons. The summed E-state index contributed by atoms with van der Waals surface area (Å²) in [7, 11) is 1.66. The molecule has 1 atom stereocenters. The van der Waals surface area contributed by atoms with Crippen LogP contribution in [0, 0.1) is 0 Å². The minimum atomic E-state index is -0.0803. The van der Waals surface area contributed by atoms with Crippen molar-refractivity contribution in [3.05, 3.63) is 0 Å². The van der Waals surface area contributed by atoms with Crippen molar-refractivity contribution >= 4 is 5.91 Å². The number of ether oxygens (including phenoxy) is 1. The SMILES string of the molecule is COCCN[C@H](C)C(=O)N1CCCC1. The lowest BCUT2D eigenvalue weighted by Gasteiger charge is -2.20. The van der Waals surface area contributed by atoms with Gasteiger partial charge in [-0.25, -0.2) is 0 Å². The Labute approximate surface area is 85.6 Å². The first-order chi connectivity index (χ1) is 6.75. The molecule has 4 nitrogen and oxygen atoms in total. The van der Waals surface area contributed by atoms with E-state index in [9.17, 15) is 4.79 Å². The summed E-state index contributed by atoms with van der Waals surface area (Å²) in [5.74, 6) is 0.221. The molecule has 0 aromatic rings. The second-order valence-electron chi connectivity index (χ2n) is 3.70. The fourth-order valence-electron chi connectivity index (χ4n) is 1.68. The van der Waals surface area contributed by atoms with E-state index < -0.39 is 0 Å². The largest absolute Gasteiger partial charge is 0.383 e. The molecule has 0 saturated carbocycles. The van der Waals surface area contributed by atoms with Crippen LogP contribution in [-0.4, -0.2) is 50.2 Å². The van der Waals surface area contributed by atoms with Gasteiger partial charge < -0.3 is 15.0 Å². The van der Waals surface area contributed by atoms with Crippen molar-refractivity contribution in [1.29, 1.82) is 0 Å². The van der Waals surface area contributed by atoms with Gasteiger partial charge in [0.1, 0.15) is 0 Å². The first-order valence-electron chi connectivity index (χ1n) is 5.27. The van der Waals surface area contributed by atoms with Gasteiger partial charge in [0.2, 0.25) is 5.91 Å². The highest BCUT2D eigenvalue weighted by molar-refractivity contribution is 5.81. The Morgan fingerprint density at radius 2 is 2.14 bits per heavy atom. The molecular weight excluding hydrogens is 180 g/mol. The monoisotopic (exact) mass is 200 g/mol. The average Bonchev–Trinajstić information content (AvgIpc) is 2.69. The van der Waals surface area contributed by atoms with Gasteiger partial charge >= 0.3 is 0 Å². The predicted molar refractivity (Wildman–Crippen MR) is 55.2 cm³/mol. The number of hydrogen-bond donors (Lipinski definition) is 1. The van der Waals surface area contributed by atoms with E-state index in [4.69, 9.17) is 4.74 Å². The summed E-state index contributed by atoms with van der Waals surface area (Å²) >= 11 is 0. The van der Waals surface area contributed by atoms with Crippen molar-refractivity contribution < 1.29 is 9.53 Å². The molecule has 14 heavy (non-hydrogen) atoms. The number of methoxy groups -OCH3 is 1. The highest BCUT2D eigenvalue weighted by Gasteiger charge is 2.22. The van der Waals surface area contributed by atoms with Crippen LogP contribution in [0.5, 0.6) is 0 Å². The van der Waals surface area contributed by atoms with E-state index in [1.165, 1.54) is 0 Å². The van der Waals surface area contributed by atoms with Crippen LogP contribution < -0.4 is 5.32 Å². The van der Waals surface area contributed by atoms with Crippen LogP contribution in [0.25, 0.3) is 0 Å². The van der Waals surface area contributed by atoms with Crippen LogP contribution in [0.15, 0.2) is 0 Å². The second kappa shape index (κ2) is 5.98. The molecule has 1 fully saturated rings. The van der Waals surface area contributed by atoms with Gasteiger partial charge in [0.15, 0.2) is 0 Å². The van der Waals surface area contributed by atoms with Gasteiger partial charge in [0.25, 0.3) is 0 Å². The molecule has 0 unspecified atom stereocenters. The summed E-state index contributed by atoms with van der Waals surface area (Å²) in [5, 5.41) is 3.14. The van der Waals surface area contributed by atoms with E-state index in [-0.39, 0.29) is 11.9 Å². The lowest BCUT2D eigenvalue weighted by Crippen LogP contribution is -2.44. The Bertz CT molecular complexity index is 179. The maximum Gasteiger partial charge on any atom is 0.239 e. The highest BCUT2D eigenvalue weighted by atomic mass is 16.5. The van der Waals surface area contributed by atoms with Gasteiger partial charge in [-0.15, -0.1) is 0 Å². The number of carbonyl (C=O) groups excluding carboxylic acids is 1. The van der Waals surface area contributed by atoms with E-state index in [1.807, 2.05) is 11.8 Å². The maximum atomic E-state index is 11.8. The summed E-state index contributed by atoms with van der Waals surface area (Å²) in [6.45, 7) is 5.15. The standard InChI is InChI=1S/C10H20N2O2/c1-9(11-5-8-14-2)10(13)12-6-3-4-7-12/h9,11H,3-8H2,1-2H3/t9-/m1/s1. The zero-order chi connectivity index (χ0) is 10.4. The molecule has 0 aromatic heterocycles. The molecular formula is C10H20N2O2. The summed E-state index contributed by atoms with van der Waals surface area (Å²) in [6, 6.07) is -0.0803. The van der Waals surface area contributed by atoms with E-state index in [0.29, 0.717) is 6.61 Å². The van der Waals surface area contributed by atoms with Crippen molar-refractivity contribution in [3.8, 4) is 0 Å². The minimum Gasteiger partial charge on any atom is -0.383 e. The molecule has 0 bridgehead atoms. The quantitative estimate of drug-likeness (QED) is 0.646. The third-order valence-electron chi connectivity index (χ3n) is 2.54. The topological polar surface area (TPSA) is 41.6 Å². The molecule has 1 saturated heterocycles. The lowest BCUT2D eigenvalue weighted by molar-refractivity contribution is -0.131. The van der Waals surface area contributed by atoms with Gasteiger partial charge in [-0.3, -0.25) is 4.79 Å².